The third-order valence-electron chi connectivity index (χ3n) is 4.54. The second kappa shape index (κ2) is 11.4. The number of hydrazone groups is 1. The molecule has 0 atom stereocenters. The van der Waals surface area contributed by atoms with Gasteiger partial charge in [-0.2, -0.15) is 5.10 Å². The van der Waals surface area contributed by atoms with E-state index in [4.69, 9.17) is 18.9 Å². The van der Waals surface area contributed by atoms with Crippen LogP contribution in [0, 0.1) is 0 Å². The number of rotatable bonds is 10. The standard InChI is InChI=1S/C25H26N2O5/c1-4-31-24-14-19(10-13-22(24)32-17-18-8-6-5-7-9-18)16-26-27-25(28)21-12-11-20(29-2)15-23(21)30-3/h5-16H,4,17H2,1-3H3,(H,27,28)/b26-16-. The summed E-state index contributed by atoms with van der Waals surface area (Å²) in [4.78, 5) is 12.5. The summed E-state index contributed by atoms with van der Waals surface area (Å²) >= 11 is 0. The molecule has 0 fully saturated rings. The topological polar surface area (TPSA) is 78.4 Å². The molecule has 3 aromatic rings. The van der Waals surface area contributed by atoms with Gasteiger partial charge < -0.3 is 18.9 Å². The Morgan fingerprint density at radius 2 is 1.72 bits per heavy atom. The average molecular weight is 434 g/mol. The third kappa shape index (κ3) is 6.01. The Bertz CT molecular complexity index is 1070. The number of carbonyl (C=O) groups excluding carboxylic acids is 1. The van der Waals surface area contributed by atoms with Gasteiger partial charge in [-0.3, -0.25) is 4.79 Å². The predicted molar refractivity (Wildman–Crippen MR) is 123 cm³/mol. The predicted octanol–water partition coefficient (Wildman–Crippen LogP) is 4.45. The Labute approximate surface area is 187 Å². The van der Waals surface area contributed by atoms with Gasteiger partial charge in [0.25, 0.3) is 5.91 Å². The van der Waals surface area contributed by atoms with Gasteiger partial charge in [0.1, 0.15) is 18.1 Å². The zero-order chi connectivity index (χ0) is 22.8. The van der Waals surface area contributed by atoms with Gasteiger partial charge in [-0.05, 0) is 48.4 Å². The molecular weight excluding hydrogens is 408 g/mol. The SMILES string of the molecule is CCOc1cc(/C=N\NC(=O)c2ccc(OC)cc2OC)ccc1OCc1ccccc1. The van der Waals surface area contributed by atoms with Crippen molar-refractivity contribution in [1.29, 1.82) is 0 Å². The van der Waals surface area contributed by atoms with Crippen LogP contribution in [0.3, 0.4) is 0 Å². The lowest BCUT2D eigenvalue weighted by Gasteiger charge is -2.12. The molecule has 0 heterocycles. The van der Waals surface area contributed by atoms with E-state index >= 15 is 0 Å². The molecule has 7 nitrogen and oxygen atoms in total. The summed E-state index contributed by atoms with van der Waals surface area (Å²) in [5.41, 5.74) is 4.68. The molecule has 0 aromatic heterocycles. The summed E-state index contributed by atoms with van der Waals surface area (Å²) in [6, 6.07) is 20.3. The summed E-state index contributed by atoms with van der Waals surface area (Å²) < 4.78 is 22.0. The number of nitrogens with zero attached hydrogens (tertiary/aromatic N) is 1. The summed E-state index contributed by atoms with van der Waals surface area (Å²) in [5.74, 6) is 1.85. The Balaban J connectivity index is 1.67. The largest absolute Gasteiger partial charge is 0.497 e. The minimum Gasteiger partial charge on any atom is -0.497 e. The quantitative estimate of drug-likeness (QED) is 0.377. The second-order valence-corrected chi connectivity index (χ2v) is 6.68. The molecule has 0 spiro atoms. The average Bonchev–Trinajstić information content (AvgIpc) is 2.83. The van der Waals surface area contributed by atoms with E-state index in [9.17, 15) is 4.79 Å². The molecule has 166 valence electrons. The highest BCUT2D eigenvalue weighted by Gasteiger charge is 2.13. The van der Waals surface area contributed by atoms with Crippen molar-refractivity contribution in [3.8, 4) is 23.0 Å². The van der Waals surface area contributed by atoms with Gasteiger partial charge in [0, 0.05) is 6.07 Å². The Morgan fingerprint density at radius 1 is 0.906 bits per heavy atom. The fourth-order valence-electron chi connectivity index (χ4n) is 2.94. The zero-order valence-corrected chi connectivity index (χ0v) is 18.3. The summed E-state index contributed by atoms with van der Waals surface area (Å²) in [6.45, 7) is 2.84. The van der Waals surface area contributed by atoms with Crippen LogP contribution in [0.25, 0.3) is 0 Å². The van der Waals surface area contributed by atoms with Crippen molar-refractivity contribution >= 4 is 12.1 Å². The monoisotopic (exact) mass is 434 g/mol. The van der Waals surface area contributed by atoms with Crippen LogP contribution in [-0.4, -0.2) is 32.9 Å². The maximum absolute atomic E-state index is 12.5. The minimum absolute atomic E-state index is 0.352. The van der Waals surface area contributed by atoms with Gasteiger partial charge in [-0.25, -0.2) is 5.43 Å². The normalized spacial score (nSPS) is 10.6. The van der Waals surface area contributed by atoms with E-state index in [0.717, 1.165) is 11.1 Å². The van der Waals surface area contributed by atoms with E-state index in [-0.39, 0.29) is 0 Å². The number of carbonyl (C=O) groups is 1. The van der Waals surface area contributed by atoms with Crippen molar-refractivity contribution in [2.75, 3.05) is 20.8 Å². The fraction of sp³-hybridized carbons (Fsp3) is 0.200. The fourth-order valence-corrected chi connectivity index (χ4v) is 2.94. The van der Waals surface area contributed by atoms with Crippen molar-refractivity contribution in [2.24, 2.45) is 5.10 Å². The highest BCUT2D eigenvalue weighted by atomic mass is 16.5. The van der Waals surface area contributed by atoms with Crippen molar-refractivity contribution in [3.63, 3.8) is 0 Å². The summed E-state index contributed by atoms with van der Waals surface area (Å²) in [5, 5.41) is 4.05. The molecule has 0 aliphatic heterocycles. The molecule has 1 N–H and O–H groups in total. The first-order chi connectivity index (χ1) is 15.6. The molecule has 3 rings (SSSR count). The van der Waals surface area contributed by atoms with Crippen molar-refractivity contribution in [2.45, 2.75) is 13.5 Å². The first-order valence-electron chi connectivity index (χ1n) is 10.1. The third-order valence-corrected chi connectivity index (χ3v) is 4.54. The highest BCUT2D eigenvalue weighted by Crippen LogP contribution is 2.29. The Hall–Kier alpha value is -4.00. The summed E-state index contributed by atoms with van der Waals surface area (Å²) in [7, 11) is 3.04. The number of hydrogen-bond donors (Lipinski definition) is 1. The van der Waals surface area contributed by atoms with Crippen LogP contribution in [0.15, 0.2) is 71.8 Å². The van der Waals surface area contributed by atoms with E-state index in [1.54, 1.807) is 25.3 Å². The van der Waals surface area contributed by atoms with Crippen molar-refractivity contribution in [1.82, 2.24) is 5.43 Å². The molecule has 0 unspecified atom stereocenters. The first-order valence-corrected chi connectivity index (χ1v) is 10.1. The first kappa shape index (κ1) is 22.7. The van der Waals surface area contributed by atoms with E-state index < -0.39 is 5.91 Å². The molecule has 1 amide bonds. The maximum atomic E-state index is 12.5. The molecule has 0 bridgehead atoms. The van der Waals surface area contributed by atoms with Gasteiger partial charge >= 0.3 is 0 Å². The molecule has 0 radical (unpaired) electrons. The second-order valence-electron chi connectivity index (χ2n) is 6.68. The van der Waals surface area contributed by atoms with Crippen LogP contribution in [0.4, 0.5) is 0 Å². The van der Waals surface area contributed by atoms with Crippen molar-refractivity contribution < 1.29 is 23.7 Å². The number of nitrogens with one attached hydrogen (secondary N) is 1. The smallest absolute Gasteiger partial charge is 0.275 e. The number of benzene rings is 3. The molecule has 0 aliphatic rings. The lowest BCUT2D eigenvalue weighted by molar-refractivity contribution is 0.0952. The lowest BCUT2D eigenvalue weighted by Crippen LogP contribution is -2.18. The van der Waals surface area contributed by atoms with Crippen LogP contribution in [0.2, 0.25) is 0 Å². The van der Waals surface area contributed by atoms with Crippen LogP contribution < -0.4 is 24.4 Å². The number of hydrogen-bond acceptors (Lipinski definition) is 6. The Kier molecular flexibility index (Phi) is 8.09. The van der Waals surface area contributed by atoms with Crippen molar-refractivity contribution in [3.05, 3.63) is 83.4 Å². The maximum Gasteiger partial charge on any atom is 0.275 e. The zero-order valence-electron chi connectivity index (χ0n) is 18.3. The molecular formula is C25H26N2O5. The van der Waals surface area contributed by atoms with Gasteiger partial charge in [0.15, 0.2) is 11.5 Å². The molecule has 0 aliphatic carbocycles. The summed E-state index contributed by atoms with van der Waals surface area (Å²) in [6.07, 6.45) is 1.54. The van der Waals surface area contributed by atoms with E-state index in [0.29, 0.717) is 41.8 Å². The van der Waals surface area contributed by atoms with Crippen LogP contribution in [-0.2, 0) is 6.61 Å². The molecule has 32 heavy (non-hydrogen) atoms. The van der Waals surface area contributed by atoms with Gasteiger partial charge in [-0.15, -0.1) is 0 Å². The number of methoxy groups -OCH3 is 2. The van der Waals surface area contributed by atoms with E-state index in [2.05, 4.69) is 10.5 Å². The van der Waals surface area contributed by atoms with Crippen LogP contribution in [0.1, 0.15) is 28.4 Å². The molecule has 3 aromatic carbocycles. The van der Waals surface area contributed by atoms with Crippen LogP contribution in [0.5, 0.6) is 23.0 Å². The van der Waals surface area contributed by atoms with Gasteiger partial charge in [0.2, 0.25) is 0 Å². The molecule has 7 heteroatoms. The lowest BCUT2D eigenvalue weighted by atomic mass is 10.2. The van der Waals surface area contributed by atoms with E-state index in [1.807, 2.05) is 55.5 Å². The van der Waals surface area contributed by atoms with Gasteiger partial charge in [-0.1, -0.05) is 30.3 Å². The minimum atomic E-state index is -0.395. The number of amides is 1. The highest BCUT2D eigenvalue weighted by molar-refractivity contribution is 5.97. The Morgan fingerprint density at radius 3 is 2.44 bits per heavy atom. The molecule has 0 saturated heterocycles. The van der Waals surface area contributed by atoms with Crippen LogP contribution >= 0.6 is 0 Å². The van der Waals surface area contributed by atoms with E-state index in [1.165, 1.54) is 13.3 Å². The van der Waals surface area contributed by atoms with Gasteiger partial charge in [0.05, 0.1) is 32.6 Å². The number of ether oxygens (including phenoxy) is 4. The molecule has 0 saturated carbocycles.